The summed E-state index contributed by atoms with van der Waals surface area (Å²) >= 11 is 0. The lowest BCUT2D eigenvalue weighted by Gasteiger charge is -2.36. The van der Waals surface area contributed by atoms with Crippen LogP contribution in [0.3, 0.4) is 0 Å². The summed E-state index contributed by atoms with van der Waals surface area (Å²) < 4.78 is 0. The predicted octanol–water partition coefficient (Wildman–Crippen LogP) is 2.18. The molecule has 1 atom stereocenters. The van der Waals surface area contributed by atoms with Crippen LogP contribution in [0.5, 0.6) is 0 Å². The maximum atomic E-state index is 12.5. The molecular weight excluding hydrogens is 330 g/mol. The van der Waals surface area contributed by atoms with Crippen LogP contribution >= 0.6 is 0 Å². The summed E-state index contributed by atoms with van der Waals surface area (Å²) in [7, 11) is 0. The molecule has 0 spiro atoms. The fraction of sp³-hybridized carbons (Fsp3) is 0.850. The summed E-state index contributed by atoms with van der Waals surface area (Å²) in [6.07, 6.45) is 6.80. The van der Waals surface area contributed by atoms with Crippen molar-refractivity contribution in [1.29, 1.82) is 0 Å². The Morgan fingerprint density at radius 1 is 1.00 bits per heavy atom. The monoisotopic (exact) mass is 365 g/mol. The Labute approximate surface area is 157 Å². The van der Waals surface area contributed by atoms with Gasteiger partial charge >= 0.3 is 0 Å². The first-order valence-electron chi connectivity index (χ1n) is 10.1. The average Bonchev–Trinajstić information content (AvgIpc) is 3.11. The molecule has 0 aromatic heterocycles. The molecule has 1 heterocycles. The van der Waals surface area contributed by atoms with Gasteiger partial charge in [0.05, 0.1) is 0 Å². The predicted molar refractivity (Wildman–Crippen MR) is 101 cm³/mol. The van der Waals surface area contributed by atoms with E-state index in [1.807, 2.05) is 25.7 Å². The Balaban J connectivity index is 1.73. The Hall–Kier alpha value is -1.59. The van der Waals surface area contributed by atoms with Crippen LogP contribution in [0.4, 0.5) is 0 Å². The number of rotatable bonds is 5. The number of nitrogens with one attached hydrogen (secondary N) is 1. The van der Waals surface area contributed by atoms with E-state index < -0.39 is 11.5 Å². The topological polar surface area (TPSA) is 69.7 Å². The molecular formula is C20H35N3O3. The van der Waals surface area contributed by atoms with Crippen molar-refractivity contribution in [3.63, 3.8) is 0 Å². The van der Waals surface area contributed by atoms with Crippen LogP contribution in [0.15, 0.2) is 0 Å². The highest BCUT2D eigenvalue weighted by Crippen LogP contribution is 2.28. The van der Waals surface area contributed by atoms with Crippen LogP contribution in [0, 0.1) is 11.3 Å². The molecule has 1 saturated heterocycles. The highest BCUT2D eigenvalue weighted by molar-refractivity contribution is 5.89. The molecule has 2 aliphatic rings. The third-order valence-corrected chi connectivity index (χ3v) is 5.58. The second-order valence-electron chi connectivity index (χ2n) is 8.84. The number of hydrogen-bond acceptors (Lipinski definition) is 3. The van der Waals surface area contributed by atoms with Crippen molar-refractivity contribution in [3.05, 3.63) is 0 Å². The van der Waals surface area contributed by atoms with Gasteiger partial charge in [0.15, 0.2) is 0 Å². The fourth-order valence-electron chi connectivity index (χ4n) is 3.71. The van der Waals surface area contributed by atoms with Crippen molar-refractivity contribution < 1.29 is 14.4 Å². The van der Waals surface area contributed by atoms with Gasteiger partial charge in [-0.15, -0.1) is 0 Å². The van der Waals surface area contributed by atoms with Gasteiger partial charge in [-0.25, -0.2) is 0 Å². The van der Waals surface area contributed by atoms with E-state index >= 15 is 0 Å². The SMILES string of the molecule is CC(NC(=O)C(C)(C)C)C(=O)N1CCN(C(=O)CCC2CCCC2)CC1. The molecule has 148 valence electrons. The van der Waals surface area contributed by atoms with E-state index in [0.717, 1.165) is 12.3 Å². The number of carbonyl (C=O) groups excluding carboxylic acids is 3. The quantitative estimate of drug-likeness (QED) is 0.812. The van der Waals surface area contributed by atoms with Gasteiger partial charge in [-0.1, -0.05) is 46.5 Å². The van der Waals surface area contributed by atoms with Crippen molar-refractivity contribution in [1.82, 2.24) is 15.1 Å². The maximum absolute atomic E-state index is 12.5. The summed E-state index contributed by atoms with van der Waals surface area (Å²) in [6.45, 7) is 9.49. The molecule has 0 bridgehead atoms. The van der Waals surface area contributed by atoms with Crippen LogP contribution in [0.25, 0.3) is 0 Å². The minimum Gasteiger partial charge on any atom is -0.344 e. The van der Waals surface area contributed by atoms with Crippen molar-refractivity contribution in [3.8, 4) is 0 Å². The minimum absolute atomic E-state index is 0.0688. The van der Waals surface area contributed by atoms with E-state index in [2.05, 4.69) is 5.32 Å². The standard InChI is InChI=1S/C20H35N3O3/c1-15(21-19(26)20(2,3)4)18(25)23-13-11-22(12-14-23)17(24)10-9-16-7-5-6-8-16/h15-16H,5-14H2,1-4H3,(H,21,26). The molecule has 1 saturated carbocycles. The van der Waals surface area contributed by atoms with E-state index in [0.29, 0.717) is 32.6 Å². The number of hydrogen-bond donors (Lipinski definition) is 1. The molecule has 0 radical (unpaired) electrons. The zero-order chi connectivity index (χ0) is 19.3. The Morgan fingerprint density at radius 3 is 2.08 bits per heavy atom. The van der Waals surface area contributed by atoms with Gasteiger partial charge in [-0.05, 0) is 19.3 Å². The number of carbonyl (C=O) groups is 3. The first kappa shape index (κ1) is 20.7. The second-order valence-corrected chi connectivity index (χ2v) is 8.84. The normalized spacial score (nSPS) is 20.2. The Morgan fingerprint density at radius 2 is 1.54 bits per heavy atom. The lowest BCUT2D eigenvalue weighted by molar-refractivity contribution is -0.142. The first-order chi connectivity index (χ1) is 12.2. The van der Waals surface area contributed by atoms with Gasteiger partial charge in [0.1, 0.15) is 6.04 Å². The van der Waals surface area contributed by atoms with Crippen molar-refractivity contribution in [2.24, 2.45) is 11.3 Å². The van der Waals surface area contributed by atoms with Gasteiger partial charge in [0.2, 0.25) is 17.7 Å². The molecule has 26 heavy (non-hydrogen) atoms. The molecule has 1 aliphatic heterocycles. The molecule has 6 nitrogen and oxygen atoms in total. The third-order valence-electron chi connectivity index (χ3n) is 5.58. The van der Waals surface area contributed by atoms with Gasteiger partial charge in [0, 0.05) is 38.0 Å². The van der Waals surface area contributed by atoms with Crippen molar-refractivity contribution >= 4 is 17.7 Å². The zero-order valence-electron chi connectivity index (χ0n) is 16.8. The number of nitrogens with zero attached hydrogens (tertiary/aromatic N) is 2. The molecule has 2 rings (SSSR count). The zero-order valence-corrected chi connectivity index (χ0v) is 16.8. The molecule has 6 heteroatoms. The summed E-state index contributed by atoms with van der Waals surface area (Å²) in [4.78, 5) is 40.6. The summed E-state index contributed by atoms with van der Waals surface area (Å²) in [5.41, 5.74) is -0.515. The highest BCUT2D eigenvalue weighted by Gasteiger charge is 2.30. The fourth-order valence-corrected chi connectivity index (χ4v) is 3.71. The smallest absolute Gasteiger partial charge is 0.244 e. The van der Waals surface area contributed by atoms with Crippen molar-refractivity contribution in [2.75, 3.05) is 26.2 Å². The molecule has 0 aromatic rings. The van der Waals surface area contributed by atoms with Crippen LogP contribution in [0.2, 0.25) is 0 Å². The lowest BCUT2D eigenvalue weighted by Crippen LogP contribution is -2.56. The molecule has 1 N–H and O–H groups in total. The van der Waals surface area contributed by atoms with Gasteiger partial charge in [-0.2, -0.15) is 0 Å². The van der Waals surface area contributed by atoms with E-state index in [1.165, 1.54) is 25.7 Å². The van der Waals surface area contributed by atoms with Crippen LogP contribution < -0.4 is 5.32 Å². The first-order valence-corrected chi connectivity index (χ1v) is 10.1. The summed E-state index contributed by atoms with van der Waals surface area (Å²) in [5.74, 6) is 0.756. The van der Waals surface area contributed by atoms with E-state index in [9.17, 15) is 14.4 Å². The largest absolute Gasteiger partial charge is 0.344 e. The van der Waals surface area contributed by atoms with E-state index in [-0.39, 0.29) is 17.7 Å². The number of amides is 3. The minimum atomic E-state index is -0.536. The van der Waals surface area contributed by atoms with E-state index in [1.54, 1.807) is 11.8 Å². The Bertz CT molecular complexity index is 513. The summed E-state index contributed by atoms with van der Waals surface area (Å²) in [6, 6.07) is -0.536. The second kappa shape index (κ2) is 8.87. The van der Waals surface area contributed by atoms with Crippen LogP contribution in [-0.4, -0.2) is 59.7 Å². The summed E-state index contributed by atoms with van der Waals surface area (Å²) in [5, 5.41) is 2.79. The Kier molecular flexibility index (Phi) is 7.07. The van der Waals surface area contributed by atoms with Crippen LogP contribution in [-0.2, 0) is 14.4 Å². The van der Waals surface area contributed by atoms with Crippen molar-refractivity contribution in [2.45, 2.75) is 72.3 Å². The third kappa shape index (κ3) is 5.71. The van der Waals surface area contributed by atoms with Crippen LogP contribution in [0.1, 0.15) is 66.2 Å². The molecule has 3 amide bonds. The molecule has 0 aromatic carbocycles. The average molecular weight is 366 g/mol. The molecule has 2 fully saturated rings. The highest BCUT2D eigenvalue weighted by atomic mass is 16.2. The maximum Gasteiger partial charge on any atom is 0.244 e. The molecule has 1 aliphatic carbocycles. The van der Waals surface area contributed by atoms with E-state index in [4.69, 9.17) is 0 Å². The molecule has 1 unspecified atom stereocenters. The number of piperazine rings is 1. The lowest BCUT2D eigenvalue weighted by atomic mass is 9.95. The van der Waals surface area contributed by atoms with Gasteiger partial charge in [0.25, 0.3) is 0 Å². The van der Waals surface area contributed by atoms with Gasteiger partial charge < -0.3 is 15.1 Å². The van der Waals surface area contributed by atoms with Gasteiger partial charge in [-0.3, -0.25) is 14.4 Å².